The summed E-state index contributed by atoms with van der Waals surface area (Å²) >= 11 is 1.71. The summed E-state index contributed by atoms with van der Waals surface area (Å²) in [5, 5.41) is 0. The topological polar surface area (TPSA) is 24.7 Å². The van der Waals surface area contributed by atoms with Gasteiger partial charge in [0.25, 0.3) is 0 Å². The minimum atomic E-state index is 0.942. The summed E-state index contributed by atoms with van der Waals surface area (Å²) in [5.74, 6) is 0. The predicted molar refractivity (Wildman–Crippen MR) is 83.2 cm³/mol. The van der Waals surface area contributed by atoms with Crippen LogP contribution in [0.4, 0.5) is 0 Å². The maximum Gasteiger partial charge on any atom is 0.0460 e. The maximum atomic E-state index is 4.46. The predicted octanol–water partition coefficient (Wildman–Crippen LogP) is 4.27. The molecule has 3 rings (SSSR count). The van der Waals surface area contributed by atoms with Crippen molar-refractivity contribution < 1.29 is 0 Å². The van der Waals surface area contributed by atoms with Crippen molar-refractivity contribution in [2.24, 2.45) is 9.98 Å². The standard InChI is InChI=1S/C16H14N2S/c1-2-6-13(5-1)17-11-15-9-10-16(19-15)12-18-14-7-3-4-8-14/h1-5,7,9-12H,6,8H2. The summed E-state index contributed by atoms with van der Waals surface area (Å²) in [7, 11) is 0. The average molecular weight is 266 g/mol. The van der Waals surface area contributed by atoms with Crippen LogP contribution in [0.15, 0.2) is 70.0 Å². The Morgan fingerprint density at radius 3 is 1.79 bits per heavy atom. The van der Waals surface area contributed by atoms with E-state index in [2.05, 4.69) is 34.3 Å². The molecule has 2 nitrogen and oxygen atoms in total. The summed E-state index contributed by atoms with van der Waals surface area (Å²) in [6, 6.07) is 4.17. The molecule has 0 bridgehead atoms. The number of aliphatic imine (C=N–C) groups is 2. The molecule has 0 fully saturated rings. The molecule has 0 atom stereocenters. The van der Waals surface area contributed by atoms with Crippen molar-refractivity contribution in [1.82, 2.24) is 0 Å². The van der Waals surface area contributed by atoms with E-state index in [1.54, 1.807) is 11.3 Å². The fourth-order valence-corrected chi connectivity index (χ4v) is 2.62. The van der Waals surface area contributed by atoms with Gasteiger partial charge < -0.3 is 0 Å². The molecule has 3 heteroatoms. The van der Waals surface area contributed by atoms with Gasteiger partial charge in [-0.3, -0.25) is 9.98 Å². The van der Waals surface area contributed by atoms with Crippen molar-refractivity contribution in [3.8, 4) is 0 Å². The van der Waals surface area contributed by atoms with Crippen molar-refractivity contribution >= 4 is 23.8 Å². The summed E-state index contributed by atoms with van der Waals surface area (Å²) < 4.78 is 0. The van der Waals surface area contributed by atoms with E-state index in [9.17, 15) is 0 Å². The first-order valence-electron chi connectivity index (χ1n) is 6.29. The second kappa shape index (κ2) is 5.76. The van der Waals surface area contributed by atoms with Gasteiger partial charge in [-0.2, -0.15) is 0 Å². The third-order valence-electron chi connectivity index (χ3n) is 2.87. The molecular formula is C16H14N2S. The molecule has 0 aromatic carbocycles. The third kappa shape index (κ3) is 3.26. The van der Waals surface area contributed by atoms with Gasteiger partial charge in [0.15, 0.2) is 0 Å². The monoisotopic (exact) mass is 266 g/mol. The lowest BCUT2D eigenvalue weighted by molar-refractivity contribution is 1.21. The molecule has 0 N–H and O–H groups in total. The van der Waals surface area contributed by atoms with Crippen LogP contribution in [-0.2, 0) is 0 Å². The summed E-state index contributed by atoms with van der Waals surface area (Å²) in [6.07, 6.45) is 18.2. The van der Waals surface area contributed by atoms with Gasteiger partial charge in [0.1, 0.15) is 0 Å². The van der Waals surface area contributed by atoms with Crippen molar-refractivity contribution in [2.75, 3.05) is 0 Å². The van der Waals surface area contributed by atoms with Gasteiger partial charge >= 0.3 is 0 Å². The van der Waals surface area contributed by atoms with Crippen LogP contribution < -0.4 is 0 Å². The van der Waals surface area contributed by atoms with E-state index < -0.39 is 0 Å². The highest BCUT2D eigenvalue weighted by Gasteiger charge is 1.99. The van der Waals surface area contributed by atoms with E-state index in [-0.39, 0.29) is 0 Å². The van der Waals surface area contributed by atoms with Gasteiger partial charge in [-0.1, -0.05) is 24.3 Å². The Morgan fingerprint density at radius 2 is 1.37 bits per heavy atom. The van der Waals surface area contributed by atoms with Gasteiger partial charge in [-0.05, 0) is 24.3 Å². The summed E-state index contributed by atoms with van der Waals surface area (Å²) in [5.41, 5.74) is 2.23. The second-order valence-corrected chi connectivity index (χ2v) is 5.48. The van der Waals surface area contributed by atoms with E-state index in [1.165, 1.54) is 0 Å². The zero-order chi connectivity index (χ0) is 12.9. The van der Waals surface area contributed by atoms with E-state index in [0.717, 1.165) is 34.0 Å². The first-order valence-corrected chi connectivity index (χ1v) is 7.11. The highest BCUT2D eigenvalue weighted by molar-refractivity contribution is 7.15. The van der Waals surface area contributed by atoms with E-state index in [4.69, 9.17) is 0 Å². The maximum absolute atomic E-state index is 4.46. The molecule has 0 saturated heterocycles. The molecular weight excluding hydrogens is 252 g/mol. The van der Waals surface area contributed by atoms with E-state index in [1.807, 2.05) is 36.7 Å². The highest BCUT2D eigenvalue weighted by atomic mass is 32.1. The van der Waals surface area contributed by atoms with Crippen LogP contribution in [0, 0.1) is 0 Å². The molecule has 0 aliphatic heterocycles. The molecule has 19 heavy (non-hydrogen) atoms. The van der Waals surface area contributed by atoms with Gasteiger partial charge in [0.2, 0.25) is 0 Å². The zero-order valence-corrected chi connectivity index (χ0v) is 11.3. The first-order chi connectivity index (χ1) is 9.40. The lowest BCUT2D eigenvalue weighted by Gasteiger charge is -1.90. The molecule has 1 aromatic heterocycles. The molecule has 0 unspecified atom stereocenters. The van der Waals surface area contributed by atoms with E-state index in [0.29, 0.717) is 0 Å². The Balaban J connectivity index is 1.63. The Bertz CT molecular complexity index is 585. The highest BCUT2D eigenvalue weighted by Crippen LogP contribution is 2.17. The molecule has 0 amide bonds. The third-order valence-corrected chi connectivity index (χ3v) is 3.82. The van der Waals surface area contributed by atoms with Gasteiger partial charge in [-0.15, -0.1) is 11.3 Å². The van der Waals surface area contributed by atoms with Crippen molar-refractivity contribution in [3.63, 3.8) is 0 Å². The van der Waals surface area contributed by atoms with Crippen LogP contribution in [0.1, 0.15) is 22.6 Å². The first kappa shape index (κ1) is 12.1. The fourth-order valence-electron chi connectivity index (χ4n) is 1.86. The lowest BCUT2D eigenvalue weighted by atomic mass is 10.4. The van der Waals surface area contributed by atoms with Crippen molar-refractivity contribution in [1.29, 1.82) is 0 Å². The molecule has 1 heterocycles. The zero-order valence-electron chi connectivity index (χ0n) is 10.5. The average Bonchev–Trinajstić information content (AvgIpc) is 3.16. The molecule has 1 aromatic rings. The summed E-state index contributed by atoms with van der Waals surface area (Å²) in [4.78, 5) is 11.2. The molecule has 2 aliphatic rings. The summed E-state index contributed by atoms with van der Waals surface area (Å²) in [6.45, 7) is 0. The quantitative estimate of drug-likeness (QED) is 0.727. The lowest BCUT2D eigenvalue weighted by Crippen LogP contribution is -1.76. The number of thiophene rings is 1. The number of hydrogen-bond acceptors (Lipinski definition) is 3. The van der Waals surface area contributed by atoms with Gasteiger partial charge in [0, 0.05) is 46.4 Å². The molecule has 0 radical (unpaired) electrons. The normalized spacial score (nSPS) is 17.9. The SMILES string of the molecule is C1=CCC(N=Cc2ccc(C=NC3=CC=CC3)s2)=C1. The second-order valence-electron chi connectivity index (χ2n) is 4.34. The molecule has 0 saturated carbocycles. The number of hydrogen-bond donors (Lipinski definition) is 0. The van der Waals surface area contributed by atoms with Crippen LogP contribution in [0.25, 0.3) is 0 Å². The molecule has 0 spiro atoms. The molecule has 2 aliphatic carbocycles. The Kier molecular flexibility index (Phi) is 3.65. The smallest absolute Gasteiger partial charge is 0.0460 e. The van der Waals surface area contributed by atoms with Crippen molar-refractivity contribution in [2.45, 2.75) is 12.8 Å². The number of rotatable bonds is 4. The van der Waals surface area contributed by atoms with Gasteiger partial charge in [0.05, 0.1) is 0 Å². The Labute approximate surface area is 116 Å². The van der Waals surface area contributed by atoms with Crippen LogP contribution >= 0.6 is 11.3 Å². The fraction of sp³-hybridized carbons (Fsp3) is 0.125. The van der Waals surface area contributed by atoms with Gasteiger partial charge in [-0.25, -0.2) is 0 Å². The van der Waals surface area contributed by atoms with Crippen molar-refractivity contribution in [3.05, 3.63) is 69.7 Å². The van der Waals surface area contributed by atoms with E-state index >= 15 is 0 Å². The van der Waals surface area contributed by atoms with Crippen LogP contribution in [0.2, 0.25) is 0 Å². The van der Waals surface area contributed by atoms with Crippen LogP contribution in [0.3, 0.4) is 0 Å². The van der Waals surface area contributed by atoms with Crippen LogP contribution in [-0.4, -0.2) is 12.4 Å². The number of allylic oxidation sites excluding steroid dienone is 6. The minimum Gasteiger partial charge on any atom is -0.260 e. The van der Waals surface area contributed by atoms with Crippen LogP contribution in [0.5, 0.6) is 0 Å². The Morgan fingerprint density at radius 1 is 0.842 bits per heavy atom. The molecule has 94 valence electrons. The number of nitrogens with zero attached hydrogens (tertiary/aromatic N) is 2. The minimum absolute atomic E-state index is 0.942. The Hall–Kier alpha value is -2.00. The largest absolute Gasteiger partial charge is 0.260 e.